The molecule has 102 valence electrons. The van der Waals surface area contributed by atoms with Gasteiger partial charge in [0.1, 0.15) is 5.54 Å². The van der Waals surface area contributed by atoms with Gasteiger partial charge in [-0.05, 0) is 19.8 Å². The van der Waals surface area contributed by atoms with Crippen molar-refractivity contribution in [3.05, 3.63) is 0 Å². The average Bonchev–Trinajstić information content (AvgIpc) is 2.27. The molecule has 2 N–H and O–H groups in total. The van der Waals surface area contributed by atoms with Gasteiger partial charge in [-0.25, -0.2) is 0 Å². The third-order valence-electron chi connectivity index (χ3n) is 2.97. The second-order valence-corrected chi connectivity index (χ2v) is 5.07. The third-order valence-corrected chi connectivity index (χ3v) is 2.97. The summed E-state index contributed by atoms with van der Waals surface area (Å²) in [4.78, 5) is 11.6. The van der Waals surface area contributed by atoms with Crippen molar-refractivity contribution in [2.75, 3.05) is 6.61 Å². The van der Waals surface area contributed by atoms with E-state index in [0.717, 1.165) is 19.3 Å². The van der Waals surface area contributed by atoms with Crippen LogP contribution in [0.25, 0.3) is 0 Å². The SMILES string of the molecule is CCCCCCCCOC(=O)C(C)(N)CCC. The van der Waals surface area contributed by atoms with Gasteiger partial charge in [-0.2, -0.15) is 0 Å². The van der Waals surface area contributed by atoms with Crippen LogP contribution in [-0.2, 0) is 9.53 Å². The predicted molar refractivity (Wildman–Crippen MR) is 71.8 cm³/mol. The highest BCUT2D eigenvalue weighted by Crippen LogP contribution is 2.11. The minimum atomic E-state index is -0.809. The molecule has 0 spiro atoms. The minimum Gasteiger partial charge on any atom is -0.464 e. The van der Waals surface area contributed by atoms with Gasteiger partial charge in [-0.15, -0.1) is 0 Å². The van der Waals surface area contributed by atoms with Crippen molar-refractivity contribution >= 4 is 5.97 Å². The van der Waals surface area contributed by atoms with E-state index < -0.39 is 5.54 Å². The molecular formula is C14H29NO2. The van der Waals surface area contributed by atoms with Crippen LogP contribution in [0, 0.1) is 0 Å². The maximum Gasteiger partial charge on any atom is 0.325 e. The Balaban J connectivity index is 3.51. The lowest BCUT2D eigenvalue weighted by Gasteiger charge is -2.21. The number of ether oxygens (including phenoxy) is 1. The maximum absolute atomic E-state index is 11.6. The molecule has 0 bridgehead atoms. The van der Waals surface area contributed by atoms with Crippen LogP contribution in [0.3, 0.4) is 0 Å². The van der Waals surface area contributed by atoms with Crippen molar-refractivity contribution in [2.24, 2.45) is 5.73 Å². The summed E-state index contributed by atoms with van der Waals surface area (Å²) in [5.74, 6) is -0.257. The number of carbonyl (C=O) groups excluding carboxylic acids is 1. The van der Waals surface area contributed by atoms with Crippen molar-refractivity contribution < 1.29 is 9.53 Å². The van der Waals surface area contributed by atoms with Gasteiger partial charge < -0.3 is 10.5 Å². The van der Waals surface area contributed by atoms with Crippen LogP contribution in [0.15, 0.2) is 0 Å². The molecule has 1 unspecified atom stereocenters. The van der Waals surface area contributed by atoms with Gasteiger partial charge in [0.05, 0.1) is 6.61 Å². The number of carbonyl (C=O) groups is 1. The number of hydrogen-bond donors (Lipinski definition) is 1. The number of nitrogens with two attached hydrogens (primary N) is 1. The van der Waals surface area contributed by atoms with E-state index in [1.807, 2.05) is 6.92 Å². The molecule has 0 saturated carbocycles. The van der Waals surface area contributed by atoms with E-state index in [1.165, 1.54) is 25.7 Å². The fraction of sp³-hybridized carbons (Fsp3) is 0.929. The Bertz CT molecular complexity index is 202. The van der Waals surface area contributed by atoms with Crippen molar-refractivity contribution in [2.45, 2.75) is 77.7 Å². The second kappa shape index (κ2) is 9.46. The van der Waals surface area contributed by atoms with Gasteiger partial charge in [-0.3, -0.25) is 4.79 Å². The summed E-state index contributed by atoms with van der Waals surface area (Å²) in [5, 5.41) is 0. The molecule has 0 aromatic rings. The normalized spacial score (nSPS) is 14.4. The monoisotopic (exact) mass is 243 g/mol. The standard InChI is InChI=1S/C14H29NO2/c1-4-6-7-8-9-10-12-17-13(16)14(3,15)11-5-2/h4-12,15H2,1-3H3. The molecule has 0 fully saturated rings. The molecule has 17 heavy (non-hydrogen) atoms. The quantitative estimate of drug-likeness (QED) is 0.472. The largest absolute Gasteiger partial charge is 0.464 e. The summed E-state index contributed by atoms with van der Waals surface area (Å²) in [5.41, 5.74) is 5.07. The van der Waals surface area contributed by atoms with Crippen molar-refractivity contribution in [3.8, 4) is 0 Å². The van der Waals surface area contributed by atoms with Gasteiger partial charge in [0.2, 0.25) is 0 Å². The molecule has 3 heteroatoms. The van der Waals surface area contributed by atoms with Crippen LogP contribution < -0.4 is 5.73 Å². The zero-order chi connectivity index (χ0) is 13.1. The summed E-state index contributed by atoms with van der Waals surface area (Å²) < 4.78 is 5.20. The molecule has 1 atom stereocenters. The first kappa shape index (κ1) is 16.4. The number of esters is 1. The summed E-state index contributed by atoms with van der Waals surface area (Å²) in [7, 11) is 0. The number of unbranched alkanes of at least 4 members (excludes halogenated alkanes) is 5. The molecule has 0 heterocycles. The predicted octanol–water partition coefficient (Wildman–Crippen LogP) is 3.41. The average molecular weight is 243 g/mol. The smallest absolute Gasteiger partial charge is 0.325 e. The van der Waals surface area contributed by atoms with Crippen LogP contribution in [0.2, 0.25) is 0 Å². The molecule has 0 aliphatic carbocycles. The molecule has 0 rings (SSSR count). The number of hydrogen-bond acceptors (Lipinski definition) is 3. The fourth-order valence-electron chi connectivity index (χ4n) is 1.83. The summed E-state index contributed by atoms with van der Waals surface area (Å²) in [6, 6.07) is 0. The van der Waals surface area contributed by atoms with Gasteiger partial charge in [0.15, 0.2) is 0 Å². The lowest BCUT2D eigenvalue weighted by Crippen LogP contribution is -2.46. The van der Waals surface area contributed by atoms with E-state index in [2.05, 4.69) is 6.92 Å². The number of rotatable bonds is 10. The molecule has 0 amide bonds. The molecule has 0 aliphatic rings. The highest BCUT2D eigenvalue weighted by molar-refractivity contribution is 5.79. The Kier molecular flexibility index (Phi) is 9.14. The zero-order valence-electron chi connectivity index (χ0n) is 11.8. The first-order chi connectivity index (χ1) is 8.04. The Morgan fingerprint density at radius 2 is 1.65 bits per heavy atom. The van der Waals surface area contributed by atoms with Gasteiger partial charge in [-0.1, -0.05) is 52.4 Å². The molecular weight excluding hydrogens is 214 g/mol. The summed E-state index contributed by atoms with van der Waals surface area (Å²) in [6.07, 6.45) is 8.77. The Labute approximate surface area is 106 Å². The lowest BCUT2D eigenvalue weighted by molar-refractivity contribution is -0.149. The Hall–Kier alpha value is -0.570. The van der Waals surface area contributed by atoms with E-state index >= 15 is 0 Å². The molecule has 0 aromatic heterocycles. The molecule has 0 aromatic carbocycles. The van der Waals surface area contributed by atoms with E-state index in [9.17, 15) is 4.79 Å². The Morgan fingerprint density at radius 1 is 1.06 bits per heavy atom. The van der Waals surface area contributed by atoms with E-state index in [4.69, 9.17) is 10.5 Å². The maximum atomic E-state index is 11.6. The fourth-order valence-corrected chi connectivity index (χ4v) is 1.83. The van der Waals surface area contributed by atoms with Crippen LogP contribution in [0.4, 0.5) is 0 Å². The van der Waals surface area contributed by atoms with E-state index in [-0.39, 0.29) is 5.97 Å². The second-order valence-electron chi connectivity index (χ2n) is 5.07. The third kappa shape index (κ3) is 8.19. The van der Waals surface area contributed by atoms with Crippen LogP contribution in [-0.4, -0.2) is 18.1 Å². The lowest BCUT2D eigenvalue weighted by atomic mass is 9.98. The summed E-state index contributed by atoms with van der Waals surface area (Å²) in [6.45, 7) is 6.49. The zero-order valence-corrected chi connectivity index (χ0v) is 11.8. The van der Waals surface area contributed by atoms with Crippen molar-refractivity contribution in [1.82, 2.24) is 0 Å². The van der Waals surface area contributed by atoms with Crippen LogP contribution in [0.5, 0.6) is 0 Å². The van der Waals surface area contributed by atoms with E-state index in [0.29, 0.717) is 13.0 Å². The molecule has 0 radical (unpaired) electrons. The van der Waals surface area contributed by atoms with Crippen molar-refractivity contribution in [3.63, 3.8) is 0 Å². The van der Waals surface area contributed by atoms with Crippen molar-refractivity contribution in [1.29, 1.82) is 0 Å². The van der Waals surface area contributed by atoms with Gasteiger partial charge in [0, 0.05) is 0 Å². The highest BCUT2D eigenvalue weighted by atomic mass is 16.5. The first-order valence-electron chi connectivity index (χ1n) is 7.00. The molecule has 3 nitrogen and oxygen atoms in total. The first-order valence-corrected chi connectivity index (χ1v) is 7.00. The van der Waals surface area contributed by atoms with Gasteiger partial charge >= 0.3 is 5.97 Å². The summed E-state index contributed by atoms with van der Waals surface area (Å²) >= 11 is 0. The van der Waals surface area contributed by atoms with Crippen LogP contribution >= 0.6 is 0 Å². The topological polar surface area (TPSA) is 52.3 Å². The molecule has 0 aliphatic heterocycles. The van der Waals surface area contributed by atoms with Gasteiger partial charge in [0.25, 0.3) is 0 Å². The highest BCUT2D eigenvalue weighted by Gasteiger charge is 2.28. The Morgan fingerprint density at radius 3 is 2.24 bits per heavy atom. The minimum absolute atomic E-state index is 0.257. The van der Waals surface area contributed by atoms with Crippen LogP contribution in [0.1, 0.15) is 72.1 Å². The van der Waals surface area contributed by atoms with E-state index in [1.54, 1.807) is 6.92 Å². The molecule has 0 saturated heterocycles.